The lowest BCUT2D eigenvalue weighted by Crippen LogP contribution is -2.53. The second-order valence-electron chi connectivity index (χ2n) is 5.52. The summed E-state index contributed by atoms with van der Waals surface area (Å²) in [4.78, 5) is 12.5. The Balaban J connectivity index is 2.08. The number of amides is 1. The largest absolute Gasteiger partial charge is 0.348 e. The van der Waals surface area contributed by atoms with E-state index in [1.807, 2.05) is 12.1 Å². The fourth-order valence-electron chi connectivity index (χ4n) is 2.95. The summed E-state index contributed by atoms with van der Waals surface area (Å²) >= 11 is 0. The first-order valence-corrected chi connectivity index (χ1v) is 7.20. The Hall–Kier alpha value is -1.35. The molecule has 0 spiro atoms. The molecule has 1 aliphatic heterocycles. The van der Waals surface area contributed by atoms with Crippen LogP contribution in [0.2, 0.25) is 0 Å². The summed E-state index contributed by atoms with van der Waals surface area (Å²) in [5, 5.41) is 6.55. The lowest BCUT2D eigenvalue weighted by atomic mass is 9.92. The van der Waals surface area contributed by atoms with Crippen LogP contribution in [0.15, 0.2) is 24.3 Å². The molecule has 2 unspecified atom stereocenters. The summed E-state index contributed by atoms with van der Waals surface area (Å²) in [6.45, 7) is 7.16. The van der Waals surface area contributed by atoms with Gasteiger partial charge in [-0.1, -0.05) is 31.2 Å². The topological polar surface area (TPSA) is 41.1 Å². The van der Waals surface area contributed by atoms with Gasteiger partial charge in [0.05, 0.1) is 11.6 Å². The number of hydrogen-bond donors (Lipinski definition) is 2. The summed E-state index contributed by atoms with van der Waals surface area (Å²) in [6.07, 6.45) is 2.87. The van der Waals surface area contributed by atoms with E-state index >= 15 is 0 Å². The Morgan fingerprint density at radius 3 is 2.79 bits per heavy atom. The molecule has 1 fully saturated rings. The predicted molar refractivity (Wildman–Crippen MR) is 78.0 cm³/mol. The molecule has 1 aromatic rings. The highest BCUT2D eigenvalue weighted by Crippen LogP contribution is 2.25. The maximum atomic E-state index is 12.5. The van der Waals surface area contributed by atoms with Crippen molar-refractivity contribution < 1.29 is 4.79 Å². The number of nitrogens with one attached hydrogen (secondary N) is 2. The number of hydrogen-bond acceptors (Lipinski definition) is 2. The molecule has 1 heterocycles. The molecule has 3 heteroatoms. The molecule has 2 N–H and O–H groups in total. The molecule has 1 aromatic carbocycles. The van der Waals surface area contributed by atoms with Crippen molar-refractivity contribution in [2.75, 3.05) is 6.54 Å². The summed E-state index contributed by atoms with van der Waals surface area (Å²) in [6, 6.07) is 8.27. The van der Waals surface area contributed by atoms with Crippen LogP contribution in [0.4, 0.5) is 0 Å². The SMILES string of the molecule is CCC1(C(=O)NC(C)c2ccccc2C)CCCN1. The summed E-state index contributed by atoms with van der Waals surface area (Å²) < 4.78 is 0. The van der Waals surface area contributed by atoms with Crippen LogP contribution in [0.25, 0.3) is 0 Å². The molecule has 19 heavy (non-hydrogen) atoms. The highest BCUT2D eigenvalue weighted by atomic mass is 16.2. The van der Waals surface area contributed by atoms with E-state index in [0.29, 0.717) is 0 Å². The van der Waals surface area contributed by atoms with E-state index < -0.39 is 0 Å². The van der Waals surface area contributed by atoms with Crippen LogP contribution in [0.3, 0.4) is 0 Å². The predicted octanol–water partition coefficient (Wildman–Crippen LogP) is 2.70. The number of rotatable bonds is 4. The first-order valence-electron chi connectivity index (χ1n) is 7.20. The van der Waals surface area contributed by atoms with Gasteiger partial charge in [-0.15, -0.1) is 0 Å². The smallest absolute Gasteiger partial charge is 0.240 e. The summed E-state index contributed by atoms with van der Waals surface area (Å²) in [5.74, 6) is 0.142. The zero-order valence-corrected chi connectivity index (χ0v) is 12.1. The Morgan fingerprint density at radius 2 is 2.21 bits per heavy atom. The molecule has 0 aromatic heterocycles. The van der Waals surface area contributed by atoms with Crippen LogP contribution in [0.5, 0.6) is 0 Å². The highest BCUT2D eigenvalue weighted by Gasteiger charge is 2.39. The van der Waals surface area contributed by atoms with E-state index in [4.69, 9.17) is 0 Å². The maximum Gasteiger partial charge on any atom is 0.240 e. The normalized spacial score (nSPS) is 24.2. The van der Waals surface area contributed by atoms with Gasteiger partial charge in [0.2, 0.25) is 5.91 Å². The van der Waals surface area contributed by atoms with Gasteiger partial charge in [-0.2, -0.15) is 0 Å². The Morgan fingerprint density at radius 1 is 1.47 bits per heavy atom. The van der Waals surface area contributed by atoms with Crippen molar-refractivity contribution in [2.24, 2.45) is 0 Å². The van der Waals surface area contributed by atoms with Gasteiger partial charge in [0.15, 0.2) is 0 Å². The molecule has 0 bridgehead atoms. The standard InChI is InChI=1S/C16H24N2O/c1-4-16(10-7-11-17-16)15(19)18-13(3)14-9-6-5-8-12(14)2/h5-6,8-9,13,17H,4,7,10-11H2,1-3H3,(H,18,19). The van der Waals surface area contributed by atoms with Crippen molar-refractivity contribution in [3.05, 3.63) is 35.4 Å². The van der Waals surface area contributed by atoms with Gasteiger partial charge in [-0.3, -0.25) is 4.79 Å². The lowest BCUT2D eigenvalue weighted by molar-refractivity contribution is -0.128. The van der Waals surface area contributed by atoms with Crippen molar-refractivity contribution in [2.45, 2.75) is 51.6 Å². The zero-order valence-electron chi connectivity index (χ0n) is 12.1. The second-order valence-corrected chi connectivity index (χ2v) is 5.52. The monoisotopic (exact) mass is 260 g/mol. The van der Waals surface area contributed by atoms with Crippen molar-refractivity contribution in [1.29, 1.82) is 0 Å². The van der Waals surface area contributed by atoms with Crippen LogP contribution in [-0.2, 0) is 4.79 Å². The molecular formula is C16H24N2O. The fraction of sp³-hybridized carbons (Fsp3) is 0.562. The summed E-state index contributed by atoms with van der Waals surface area (Å²) in [7, 11) is 0. The molecule has 2 rings (SSSR count). The van der Waals surface area contributed by atoms with Crippen molar-refractivity contribution in [3.63, 3.8) is 0 Å². The zero-order chi connectivity index (χ0) is 13.9. The van der Waals surface area contributed by atoms with E-state index in [1.165, 1.54) is 11.1 Å². The molecular weight excluding hydrogens is 236 g/mol. The third-order valence-electron chi connectivity index (χ3n) is 4.28. The number of carbonyl (C=O) groups excluding carboxylic acids is 1. The molecule has 104 valence electrons. The highest BCUT2D eigenvalue weighted by molar-refractivity contribution is 5.87. The number of benzene rings is 1. The minimum absolute atomic E-state index is 0.0551. The first kappa shape index (κ1) is 14.1. The van der Waals surface area contributed by atoms with Gasteiger partial charge >= 0.3 is 0 Å². The Labute approximate surface area is 115 Å². The number of carbonyl (C=O) groups is 1. The first-order chi connectivity index (χ1) is 9.09. The minimum Gasteiger partial charge on any atom is -0.348 e. The van der Waals surface area contributed by atoms with Crippen LogP contribution in [0.1, 0.15) is 50.3 Å². The van der Waals surface area contributed by atoms with E-state index in [1.54, 1.807) is 0 Å². The van der Waals surface area contributed by atoms with E-state index in [0.717, 1.165) is 25.8 Å². The van der Waals surface area contributed by atoms with Gasteiger partial charge in [0.25, 0.3) is 0 Å². The van der Waals surface area contributed by atoms with Crippen LogP contribution < -0.4 is 10.6 Å². The molecule has 3 nitrogen and oxygen atoms in total. The Bertz CT molecular complexity index is 450. The Kier molecular flexibility index (Phi) is 4.25. The molecule has 0 radical (unpaired) electrons. The molecule has 0 aliphatic carbocycles. The lowest BCUT2D eigenvalue weighted by Gasteiger charge is -2.29. The van der Waals surface area contributed by atoms with Crippen LogP contribution in [0, 0.1) is 6.92 Å². The van der Waals surface area contributed by atoms with Gasteiger partial charge in [0.1, 0.15) is 0 Å². The van der Waals surface area contributed by atoms with E-state index in [9.17, 15) is 4.79 Å². The van der Waals surface area contributed by atoms with Crippen LogP contribution >= 0.6 is 0 Å². The minimum atomic E-state index is -0.350. The average molecular weight is 260 g/mol. The van der Waals surface area contributed by atoms with Gasteiger partial charge < -0.3 is 10.6 Å². The fourth-order valence-corrected chi connectivity index (χ4v) is 2.95. The molecule has 0 saturated carbocycles. The van der Waals surface area contributed by atoms with Crippen molar-refractivity contribution in [3.8, 4) is 0 Å². The van der Waals surface area contributed by atoms with Crippen molar-refractivity contribution >= 4 is 5.91 Å². The molecule has 2 atom stereocenters. The average Bonchev–Trinajstić information content (AvgIpc) is 2.89. The maximum absolute atomic E-state index is 12.5. The van der Waals surface area contributed by atoms with Gasteiger partial charge in [0, 0.05) is 0 Å². The summed E-state index contributed by atoms with van der Waals surface area (Å²) in [5.41, 5.74) is 2.07. The molecule has 1 aliphatic rings. The molecule has 1 saturated heterocycles. The van der Waals surface area contributed by atoms with Gasteiger partial charge in [-0.05, 0) is 50.8 Å². The quantitative estimate of drug-likeness (QED) is 0.874. The third-order valence-corrected chi connectivity index (χ3v) is 4.28. The van der Waals surface area contributed by atoms with Crippen LogP contribution in [-0.4, -0.2) is 18.0 Å². The third kappa shape index (κ3) is 2.81. The molecule has 1 amide bonds. The van der Waals surface area contributed by atoms with Gasteiger partial charge in [-0.25, -0.2) is 0 Å². The van der Waals surface area contributed by atoms with E-state index in [2.05, 4.69) is 43.5 Å². The second kappa shape index (κ2) is 5.74. The van der Waals surface area contributed by atoms with Crippen molar-refractivity contribution in [1.82, 2.24) is 10.6 Å². The van der Waals surface area contributed by atoms with E-state index in [-0.39, 0.29) is 17.5 Å². The number of aryl methyl sites for hydroxylation is 1.